The number of hydrogen-bond acceptors (Lipinski definition) is 6. The summed E-state index contributed by atoms with van der Waals surface area (Å²) in [5.41, 5.74) is 14.8. The molecule has 6 nitrogen and oxygen atoms in total. The minimum atomic E-state index is 0.156. The molecule has 0 saturated carbocycles. The zero-order chi connectivity index (χ0) is 20.3. The summed E-state index contributed by atoms with van der Waals surface area (Å²) in [6.45, 7) is 0.156. The van der Waals surface area contributed by atoms with E-state index in [4.69, 9.17) is 49.6 Å². The van der Waals surface area contributed by atoms with Crippen molar-refractivity contribution >= 4 is 40.3 Å². The van der Waals surface area contributed by atoms with Gasteiger partial charge in [-0.05, 0) is 30.3 Å². The summed E-state index contributed by atoms with van der Waals surface area (Å²) in [5, 5.41) is 9.38. The maximum atomic E-state index is 8.54. The fraction of sp³-hybridized carbons (Fsp3) is 0.100. The van der Waals surface area contributed by atoms with Crippen molar-refractivity contribution in [3.63, 3.8) is 0 Å². The maximum Gasteiger partial charge on any atom is 0.121 e. The average Bonchev–Trinajstić information content (AvgIpc) is 2.67. The predicted octanol–water partition coefficient (Wildman–Crippen LogP) is 4.56. The highest BCUT2D eigenvalue weighted by Gasteiger charge is 2.13. The van der Waals surface area contributed by atoms with Crippen LogP contribution in [0.25, 0.3) is 0 Å². The van der Waals surface area contributed by atoms with Gasteiger partial charge in [-0.3, -0.25) is 10.4 Å². The van der Waals surface area contributed by atoms with Gasteiger partial charge in [0, 0.05) is 46.5 Å². The molecule has 3 aromatic rings. The Hall–Kier alpha value is -2.96. The summed E-state index contributed by atoms with van der Waals surface area (Å²) < 4.78 is 11.0. The molecule has 1 heterocycles. The van der Waals surface area contributed by atoms with Gasteiger partial charge in [0.05, 0.1) is 22.9 Å². The van der Waals surface area contributed by atoms with Crippen LogP contribution in [0, 0.1) is 5.41 Å². The second kappa shape index (κ2) is 8.37. The van der Waals surface area contributed by atoms with E-state index in [1.807, 2.05) is 0 Å². The molecule has 0 atom stereocenters. The first-order valence-corrected chi connectivity index (χ1v) is 8.98. The van der Waals surface area contributed by atoms with E-state index in [2.05, 4.69) is 4.98 Å². The Morgan fingerprint density at radius 1 is 1.04 bits per heavy atom. The van der Waals surface area contributed by atoms with Gasteiger partial charge in [0.25, 0.3) is 0 Å². The van der Waals surface area contributed by atoms with Gasteiger partial charge < -0.3 is 20.9 Å². The molecular formula is C20H18Cl2N4O2. The first-order chi connectivity index (χ1) is 13.4. The second-order valence-corrected chi connectivity index (χ2v) is 6.80. The molecule has 28 heavy (non-hydrogen) atoms. The Labute approximate surface area is 172 Å². The Balaban J connectivity index is 1.87. The van der Waals surface area contributed by atoms with Gasteiger partial charge in [-0.25, -0.2) is 0 Å². The van der Waals surface area contributed by atoms with E-state index >= 15 is 0 Å². The lowest BCUT2D eigenvalue weighted by molar-refractivity contribution is 0.306. The number of nitrogens with one attached hydrogen (secondary N) is 1. The lowest BCUT2D eigenvalue weighted by atomic mass is 10.00. The van der Waals surface area contributed by atoms with Crippen LogP contribution >= 0.6 is 23.2 Å². The molecular weight excluding hydrogens is 399 g/mol. The Morgan fingerprint density at radius 2 is 1.75 bits per heavy atom. The van der Waals surface area contributed by atoms with Crippen molar-refractivity contribution in [2.24, 2.45) is 0 Å². The third-order valence-electron chi connectivity index (χ3n) is 4.08. The van der Waals surface area contributed by atoms with Crippen molar-refractivity contribution in [2.45, 2.75) is 6.61 Å². The van der Waals surface area contributed by atoms with Crippen molar-refractivity contribution in [3.8, 4) is 11.5 Å². The Morgan fingerprint density at radius 3 is 2.43 bits per heavy atom. The number of hydrogen-bond donors (Lipinski definition) is 3. The summed E-state index contributed by atoms with van der Waals surface area (Å²) in [7, 11) is 1.54. The summed E-state index contributed by atoms with van der Waals surface area (Å²) in [5.74, 6) is 1.08. The minimum absolute atomic E-state index is 0.156. The molecule has 0 unspecified atom stereocenters. The van der Waals surface area contributed by atoms with E-state index in [9.17, 15) is 0 Å². The van der Waals surface area contributed by atoms with E-state index in [1.165, 1.54) is 12.4 Å². The van der Waals surface area contributed by atoms with Gasteiger partial charge in [-0.15, -0.1) is 0 Å². The third kappa shape index (κ3) is 4.30. The third-order valence-corrected chi connectivity index (χ3v) is 4.73. The van der Waals surface area contributed by atoms with Crippen LogP contribution < -0.4 is 20.9 Å². The monoisotopic (exact) mass is 416 g/mol. The van der Waals surface area contributed by atoms with Gasteiger partial charge in [-0.1, -0.05) is 23.2 Å². The first kappa shape index (κ1) is 19.8. The van der Waals surface area contributed by atoms with Gasteiger partial charge in [-0.2, -0.15) is 0 Å². The zero-order valence-corrected chi connectivity index (χ0v) is 16.5. The fourth-order valence-corrected chi connectivity index (χ4v) is 3.09. The van der Waals surface area contributed by atoms with Crippen LogP contribution in [0.3, 0.4) is 0 Å². The average molecular weight is 417 g/mol. The molecule has 0 amide bonds. The normalized spacial score (nSPS) is 10.5. The molecule has 5 N–H and O–H groups in total. The zero-order valence-electron chi connectivity index (χ0n) is 15.0. The minimum Gasteiger partial charge on any atom is -0.497 e. The number of anilines is 2. The molecule has 0 saturated heterocycles. The molecule has 0 radical (unpaired) electrons. The van der Waals surface area contributed by atoms with Crippen LogP contribution in [0.1, 0.15) is 16.7 Å². The number of methoxy groups -OCH3 is 1. The largest absolute Gasteiger partial charge is 0.497 e. The molecule has 0 aliphatic heterocycles. The van der Waals surface area contributed by atoms with Crippen molar-refractivity contribution in [3.05, 3.63) is 75.5 Å². The van der Waals surface area contributed by atoms with Crippen molar-refractivity contribution in [1.82, 2.24) is 4.98 Å². The van der Waals surface area contributed by atoms with Gasteiger partial charge in [0.2, 0.25) is 0 Å². The fourth-order valence-electron chi connectivity index (χ4n) is 2.61. The second-order valence-electron chi connectivity index (χ2n) is 5.99. The molecule has 0 spiro atoms. The predicted molar refractivity (Wildman–Crippen MR) is 113 cm³/mol. The number of pyridine rings is 1. The molecule has 0 aliphatic rings. The van der Waals surface area contributed by atoms with Crippen LogP contribution in [0.2, 0.25) is 10.0 Å². The lowest BCUT2D eigenvalue weighted by Gasteiger charge is -2.13. The quantitative estimate of drug-likeness (QED) is 0.403. The number of nitrogen functional groups attached to an aromatic ring is 2. The molecule has 3 rings (SSSR count). The first-order valence-electron chi connectivity index (χ1n) is 8.23. The van der Waals surface area contributed by atoms with E-state index in [-0.39, 0.29) is 12.3 Å². The smallest absolute Gasteiger partial charge is 0.121 e. The van der Waals surface area contributed by atoms with Crippen LogP contribution in [0.4, 0.5) is 11.4 Å². The lowest BCUT2D eigenvalue weighted by Crippen LogP contribution is -2.07. The SMILES string of the molecule is COc1cc(N)cc(C(=N)c2cc(OCc3c(Cl)cncc3Cl)ccc2N)c1. The highest BCUT2D eigenvalue weighted by atomic mass is 35.5. The highest BCUT2D eigenvalue weighted by molar-refractivity contribution is 6.35. The number of aromatic nitrogens is 1. The van der Waals surface area contributed by atoms with Crippen LogP contribution in [-0.2, 0) is 6.61 Å². The summed E-state index contributed by atoms with van der Waals surface area (Å²) >= 11 is 12.2. The van der Waals surface area contributed by atoms with Gasteiger partial charge in [0.15, 0.2) is 0 Å². The van der Waals surface area contributed by atoms with Crippen molar-refractivity contribution in [2.75, 3.05) is 18.6 Å². The van der Waals surface area contributed by atoms with Crippen molar-refractivity contribution < 1.29 is 9.47 Å². The van der Waals surface area contributed by atoms with Crippen LogP contribution in [0.5, 0.6) is 11.5 Å². The molecule has 0 bridgehead atoms. The van der Waals surface area contributed by atoms with Crippen LogP contribution in [-0.4, -0.2) is 17.8 Å². The number of nitrogens with zero attached hydrogens (tertiary/aromatic N) is 1. The highest BCUT2D eigenvalue weighted by Crippen LogP contribution is 2.28. The molecule has 1 aromatic heterocycles. The number of halogens is 2. The van der Waals surface area contributed by atoms with E-state index < -0.39 is 0 Å². The molecule has 8 heteroatoms. The summed E-state index contributed by atoms with van der Waals surface area (Å²) in [6.07, 6.45) is 3.01. The van der Waals surface area contributed by atoms with Gasteiger partial charge >= 0.3 is 0 Å². The maximum absolute atomic E-state index is 8.54. The standard InChI is InChI=1S/C20H18Cl2N4O2/c1-27-14-5-11(4-12(23)6-14)20(25)15-7-13(2-3-19(15)24)28-10-16-17(21)8-26-9-18(16)22/h2-9,25H,10,23-24H2,1H3. The number of rotatable bonds is 6. The molecule has 0 fully saturated rings. The Bertz CT molecular complexity index is 1020. The van der Waals surface area contributed by atoms with E-state index in [0.717, 1.165) is 0 Å². The molecule has 0 aliphatic carbocycles. The van der Waals surface area contributed by atoms with E-state index in [1.54, 1.807) is 43.5 Å². The van der Waals surface area contributed by atoms with Crippen molar-refractivity contribution in [1.29, 1.82) is 5.41 Å². The Kier molecular flexibility index (Phi) is 5.92. The van der Waals surface area contributed by atoms with E-state index in [0.29, 0.717) is 49.6 Å². The topological polar surface area (TPSA) is 107 Å². The summed E-state index contributed by atoms with van der Waals surface area (Å²) in [6, 6.07) is 10.2. The molecule has 2 aromatic carbocycles. The molecule has 144 valence electrons. The summed E-state index contributed by atoms with van der Waals surface area (Å²) in [4.78, 5) is 3.92. The number of benzene rings is 2. The van der Waals surface area contributed by atoms with Gasteiger partial charge in [0.1, 0.15) is 18.1 Å². The number of ether oxygens (including phenoxy) is 2. The number of nitrogens with two attached hydrogens (primary N) is 2. The van der Waals surface area contributed by atoms with Crippen LogP contribution in [0.15, 0.2) is 48.8 Å².